The second-order valence-corrected chi connectivity index (χ2v) is 7.07. The third kappa shape index (κ3) is 6.07. The van der Waals surface area contributed by atoms with Gasteiger partial charge in [-0.25, -0.2) is 0 Å². The maximum absolute atomic E-state index is 10.9. The molecule has 130 valence electrons. The number of benzene rings is 1. The standard InChI is InChI=1S/C17H25BrN2O2.ClH/c1-13(14-5-7-15(18)8-6-14)20-10-3-4-16(9-11-20)19(2)12-17(21)22;/h5-8,13,16H,3-4,9-12H2,1-2H3,(H,21,22);1H. The Morgan fingerprint density at radius 2 is 2.00 bits per heavy atom. The van der Waals surface area contributed by atoms with Crippen LogP contribution in [0.25, 0.3) is 0 Å². The van der Waals surface area contributed by atoms with Crippen molar-refractivity contribution in [2.75, 3.05) is 26.7 Å². The quantitative estimate of drug-likeness (QED) is 0.809. The first kappa shape index (κ1) is 20.4. The molecule has 0 aromatic heterocycles. The number of hydrogen-bond donors (Lipinski definition) is 1. The average molecular weight is 406 g/mol. The Balaban J connectivity index is 0.00000264. The zero-order valence-corrected chi connectivity index (χ0v) is 16.1. The maximum atomic E-state index is 10.9. The summed E-state index contributed by atoms with van der Waals surface area (Å²) < 4.78 is 1.11. The maximum Gasteiger partial charge on any atom is 0.317 e. The first-order chi connectivity index (χ1) is 10.5. The molecule has 4 nitrogen and oxygen atoms in total. The Morgan fingerprint density at radius 1 is 1.35 bits per heavy atom. The number of likely N-dealkylation sites (tertiary alicyclic amines) is 1. The Labute approximate surface area is 153 Å². The third-order valence-electron chi connectivity index (χ3n) is 4.64. The van der Waals surface area contributed by atoms with Crippen LogP contribution in [-0.2, 0) is 4.79 Å². The van der Waals surface area contributed by atoms with Crippen molar-refractivity contribution < 1.29 is 9.90 Å². The lowest BCUT2D eigenvalue weighted by Crippen LogP contribution is -2.36. The number of carbonyl (C=O) groups is 1. The number of carboxylic acid groups (broad SMARTS) is 1. The number of rotatable bonds is 5. The average Bonchev–Trinajstić information content (AvgIpc) is 2.72. The van der Waals surface area contributed by atoms with E-state index in [0.717, 1.165) is 36.8 Å². The zero-order chi connectivity index (χ0) is 16.1. The first-order valence-electron chi connectivity index (χ1n) is 7.89. The number of aliphatic carboxylic acids is 1. The zero-order valence-electron chi connectivity index (χ0n) is 13.7. The number of nitrogens with zero attached hydrogens (tertiary/aromatic N) is 2. The van der Waals surface area contributed by atoms with Crippen LogP contribution in [0.15, 0.2) is 28.7 Å². The van der Waals surface area contributed by atoms with Crippen LogP contribution in [0.2, 0.25) is 0 Å². The van der Waals surface area contributed by atoms with Gasteiger partial charge in [0.15, 0.2) is 0 Å². The molecule has 0 aliphatic carbocycles. The van der Waals surface area contributed by atoms with Gasteiger partial charge in [0.05, 0.1) is 6.54 Å². The van der Waals surface area contributed by atoms with Crippen molar-refractivity contribution in [2.24, 2.45) is 0 Å². The van der Waals surface area contributed by atoms with Crippen molar-refractivity contribution in [3.63, 3.8) is 0 Å². The van der Waals surface area contributed by atoms with Crippen LogP contribution in [0.3, 0.4) is 0 Å². The summed E-state index contributed by atoms with van der Waals surface area (Å²) in [4.78, 5) is 15.4. The molecule has 0 amide bonds. The molecule has 1 heterocycles. The number of carboxylic acids is 1. The Bertz CT molecular complexity index is 498. The third-order valence-corrected chi connectivity index (χ3v) is 5.17. The molecule has 1 aromatic rings. The normalized spacial score (nSPS) is 20.6. The van der Waals surface area contributed by atoms with Crippen LogP contribution < -0.4 is 0 Å². The van der Waals surface area contributed by atoms with E-state index >= 15 is 0 Å². The van der Waals surface area contributed by atoms with Gasteiger partial charge in [0.25, 0.3) is 0 Å². The predicted molar refractivity (Wildman–Crippen MR) is 99.3 cm³/mol. The molecule has 6 heteroatoms. The second-order valence-electron chi connectivity index (χ2n) is 6.16. The fourth-order valence-corrected chi connectivity index (χ4v) is 3.49. The molecule has 1 fully saturated rings. The first-order valence-corrected chi connectivity index (χ1v) is 8.68. The molecule has 23 heavy (non-hydrogen) atoms. The van der Waals surface area contributed by atoms with Crippen molar-refractivity contribution in [1.29, 1.82) is 0 Å². The molecule has 0 bridgehead atoms. The van der Waals surface area contributed by atoms with Crippen LogP contribution in [-0.4, -0.2) is 53.6 Å². The van der Waals surface area contributed by atoms with E-state index in [0.29, 0.717) is 12.1 Å². The molecule has 2 unspecified atom stereocenters. The van der Waals surface area contributed by atoms with Gasteiger partial charge in [0.1, 0.15) is 0 Å². The van der Waals surface area contributed by atoms with Gasteiger partial charge in [0.2, 0.25) is 0 Å². The highest BCUT2D eigenvalue weighted by molar-refractivity contribution is 9.10. The molecule has 0 radical (unpaired) electrons. The SMILES string of the molecule is CC(c1ccc(Br)cc1)N1CCCC(N(C)CC(=O)O)CC1.Cl. The van der Waals surface area contributed by atoms with E-state index in [-0.39, 0.29) is 19.0 Å². The van der Waals surface area contributed by atoms with E-state index in [1.165, 1.54) is 5.56 Å². The van der Waals surface area contributed by atoms with Crippen LogP contribution in [0.4, 0.5) is 0 Å². The minimum absolute atomic E-state index is 0. The van der Waals surface area contributed by atoms with Crippen LogP contribution in [0.1, 0.15) is 37.8 Å². The number of halogens is 2. The summed E-state index contributed by atoms with van der Waals surface area (Å²) in [6.07, 6.45) is 3.23. The van der Waals surface area contributed by atoms with E-state index in [2.05, 4.69) is 52.0 Å². The van der Waals surface area contributed by atoms with Crippen LogP contribution in [0, 0.1) is 0 Å². The summed E-state index contributed by atoms with van der Waals surface area (Å²) in [6.45, 7) is 4.48. The van der Waals surface area contributed by atoms with Crippen molar-refractivity contribution in [3.8, 4) is 0 Å². The highest BCUT2D eigenvalue weighted by atomic mass is 79.9. The van der Waals surface area contributed by atoms with Crippen molar-refractivity contribution in [3.05, 3.63) is 34.3 Å². The topological polar surface area (TPSA) is 43.8 Å². The number of likely N-dealkylation sites (N-methyl/N-ethyl adjacent to an activating group) is 1. The summed E-state index contributed by atoms with van der Waals surface area (Å²) >= 11 is 3.48. The number of hydrogen-bond acceptors (Lipinski definition) is 3. The molecular formula is C17H26BrClN2O2. The van der Waals surface area contributed by atoms with Crippen molar-refractivity contribution >= 4 is 34.3 Å². The van der Waals surface area contributed by atoms with E-state index in [1.54, 1.807) is 0 Å². The molecule has 2 atom stereocenters. The van der Waals surface area contributed by atoms with Gasteiger partial charge in [-0.05, 0) is 57.5 Å². The van der Waals surface area contributed by atoms with Gasteiger partial charge in [-0.3, -0.25) is 14.6 Å². The van der Waals surface area contributed by atoms with Gasteiger partial charge >= 0.3 is 5.97 Å². The van der Waals surface area contributed by atoms with E-state index in [4.69, 9.17) is 5.11 Å². The molecule has 1 N–H and O–H groups in total. The summed E-state index contributed by atoms with van der Waals surface area (Å²) in [5.41, 5.74) is 1.33. The molecule has 0 saturated carbocycles. The molecule has 1 aliphatic rings. The minimum atomic E-state index is -0.744. The summed E-state index contributed by atoms with van der Waals surface area (Å²) in [5.74, 6) is -0.744. The molecular weight excluding hydrogens is 380 g/mol. The molecule has 0 spiro atoms. The second kappa shape index (κ2) is 9.62. The molecule has 1 aromatic carbocycles. The van der Waals surface area contributed by atoms with E-state index in [1.807, 2.05) is 11.9 Å². The van der Waals surface area contributed by atoms with Crippen molar-refractivity contribution in [1.82, 2.24) is 9.80 Å². The van der Waals surface area contributed by atoms with Gasteiger partial charge in [-0.15, -0.1) is 12.4 Å². The van der Waals surface area contributed by atoms with Crippen LogP contribution in [0.5, 0.6) is 0 Å². The van der Waals surface area contributed by atoms with Gasteiger partial charge < -0.3 is 5.11 Å². The fourth-order valence-electron chi connectivity index (χ4n) is 3.22. The Morgan fingerprint density at radius 3 is 2.61 bits per heavy atom. The highest BCUT2D eigenvalue weighted by Gasteiger charge is 2.24. The monoisotopic (exact) mass is 404 g/mol. The molecule has 2 rings (SSSR count). The fraction of sp³-hybridized carbons (Fsp3) is 0.588. The van der Waals surface area contributed by atoms with E-state index < -0.39 is 5.97 Å². The predicted octanol–water partition coefficient (Wildman–Crippen LogP) is 3.80. The minimum Gasteiger partial charge on any atom is -0.480 e. The summed E-state index contributed by atoms with van der Waals surface area (Å²) in [7, 11) is 1.92. The largest absolute Gasteiger partial charge is 0.480 e. The van der Waals surface area contributed by atoms with E-state index in [9.17, 15) is 4.79 Å². The lowest BCUT2D eigenvalue weighted by molar-refractivity contribution is -0.138. The summed E-state index contributed by atoms with van der Waals surface area (Å²) in [6, 6.07) is 9.30. The lowest BCUT2D eigenvalue weighted by Gasteiger charge is -2.29. The summed E-state index contributed by atoms with van der Waals surface area (Å²) in [5, 5.41) is 8.94. The van der Waals surface area contributed by atoms with Gasteiger partial charge in [-0.2, -0.15) is 0 Å². The Hall–Kier alpha value is -0.620. The van der Waals surface area contributed by atoms with Crippen molar-refractivity contribution in [2.45, 2.75) is 38.3 Å². The van der Waals surface area contributed by atoms with Gasteiger partial charge in [0, 0.05) is 23.1 Å². The molecule has 1 saturated heterocycles. The highest BCUT2D eigenvalue weighted by Crippen LogP contribution is 2.26. The lowest BCUT2D eigenvalue weighted by atomic mass is 10.1. The Kier molecular flexibility index (Phi) is 8.54. The van der Waals surface area contributed by atoms with Crippen LogP contribution >= 0.6 is 28.3 Å². The smallest absolute Gasteiger partial charge is 0.317 e. The molecule has 1 aliphatic heterocycles. The van der Waals surface area contributed by atoms with Gasteiger partial charge in [-0.1, -0.05) is 28.1 Å².